The molecular weight excluding hydrogens is 410 g/mol. The lowest BCUT2D eigenvalue weighted by Gasteiger charge is -2.17. The molecule has 0 spiro atoms. The topological polar surface area (TPSA) is 56.1 Å². The molecule has 1 heterocycles. The van der Waals surface area contributed by atoms with Crippen LogP contribution in [0.5, 0.6) is 5.75 Å². The second kappa shape index (κ2) is 11.4. The first kappa shape index (κ1) is 24.8. The van der Waals surface area contributed by atoms with Crippen molar-refractivity contribution in [3.63, 3.8) is 0 Å². The lowest BCUT2D eigenvalue weighted by atomic mass is 9.96. The van der Waals surface area contributed by atoms with Crippen LogP contribution < -0.4 is 10.1 Å². The van der Waals surface area contributed by atoms with Crippen molar-refractivity contribution >= 4 is 16.9 Å². The number of nitrogens with zero attached hydrogens (tertiary/aromatic N) is 2. The second-order valence-electron chi connectivity index (χ2n) is 9.93. The minimum Gasteiger partial charge on any atom is -0.494 e. The van der Waals surface area contributed by atoms with Gasteiger partial charge in [0.25, 0.3) is 0 Å². The summed E-state index contributed by atoms with van der Waals surface area (Å²) in [6.07, 6.45) is 5.00. The largest absolute Gasteiger partial charge is 0.494 e. The predicted octanol–water partition coefficient (Wildman–Crippen LogP) is 6.00. The van der Waals surface area contributed by atoms with Crippen molar-refractivity contribution in [3.8, 4) is 5.75 Å². The van der Waals surface area contributed by atoms with Crippen molar-refractivity contribution in [3.05, 3.63) is 59.4 Å². The molecule has 3 rings (SSSR count). The number of ether oxygens (including phenoxy) is 1. The molecule has 0 aliphatic carbocycles. The summed E-state index contributed by atoms with van der Waals surface area (Å²) >= 11 is 0. The van der Waals surface area contributed by atoms with Gasteiger partial charge in [0, 0.05) is 24.9 Å². The van der Waals surface area contributed by atoms with Crippen LogP contribution >= 0.6 is 0 Å². The maximum atomic E-state index is 12.0. The molecule has 0 radical (unpaired) electrons. The second-order valence-corrected chi connectivity index (χ2v) is 9.93. The highest BCUT2D eigenvalue weighted by atomic mass is 16.5. The molecule has 1 N–H and O–H groups in total. The van der Waals surface area contributed by atoms with Crippen molar-refractivity contribution < 1.29 is 9.53 Å². The molecule has 33 heavy (non-hydrogen) atoms. The lowest BCUT2D eigenvalue weighted by molar-refractivity contribution is -0.128. The first-order chi connectivity index (χ1) is 15.8. The molecule has 5 nitrogen and oxygen atoms in total. The van der Waals surface area contributed by atoms with Crippen LogP contribution in [0.1, 0.15) is 63.4 Å². The molecule has 0 unspecified atom stereocenters. The summed E-state index contributed by atoms with van der Waals surface area (Å²) in [4.78, 5) is 16.9. The van der Waals surface area contributed by atoms with E-state index < -0.39 is 0 Å². The Bertz CT molecular complexity index is 1060. The van der Waals surface area contributed by atoms with Gasteiger partial charge in [-0.2, -0.15) is 0 Å². The molecule has 0 atom stereocenters. The zero-order valence-corrected chi connectivity index (χ0v) is 20.9. The number of para-hydroxylation sites is 2. The third kappa shape index (κ3) is 7.08. The van der Waals surface area contributed by atoms with E-state index in [9.17, 15) is 4.79 Å². The quantitative estimate of drug-likeness (QED) is 0.365. The van der Waals surface area contributed by atoms with Crippen LogP contribution in [-0.4, -0.2) is 28.6 Å². The van der Waals surface area contributed by atoms with Crippen LogP contribution in [0, 0.1) is 19.3 Å². The summed E-state index contributed by atoms with van der Waals surface area (Å²) in [5, 5.41) is 3.03. The molecule has 0 fully saturated rings. The zero-order valence-electron chi connectivity index (χ0n) is 20.9. The van der Waals surface area contributed by atoms with Gasteiger partial charge in [0.15, 0.2) is 0 Å². The van der Waals surface area contributed by atoms with E-state index in [0.29, 0.717) is 6.61 Å². The Balaban J connectivity index is 1.50. The average Bonchev–Trinajstić information content (AvgIpc) is 3.12. The van der Waals surface area contributed by atoms with Gasteiger partial charge >= 0.3 is 0 Å². The molecule has 0 saturated heterocycles. The molecule has 1 amide bonds. The number of benzene rings is 2. The van der Waals surface area contributed by atoms with E-state index in [4.69, 9.17) is 9.72 Å². The first-order valence-corrected chi connectivity index (χ1v) is 12.2. The number of aryl methyl sites for hydroxylation is 4. The van der Waals surface area contributed by atoms with Gasteiger partial charge in [-0.1, -0.05) is 45.4 Å². The molecule has 178 valence electrons. The van der Waals surface area contributed by atoms with Crippen molar-refractivity contribution in [1.29, 1.82) is 0 Å². The number of hydrogen-bond donors (Lipinski definition) is 1. The number of nitrogens with one attached hydrogen (secondary N) is 1. The van der Waals surface area contributed by atoms with Crippen LogP contribution in [0.4, 0.5) is 0 Å². The van der Waals surface area contributed by atoms with Crippen LogP contribution in [0.3, 0.4) is 0 Å². The molecule has 0 aliphatic heterocycles. The number of aromatic nitrogens is 2. The van der Waals surface area contributed by atoms with E-state index in [1.54, 1.807) is 0 Å². The number of hydrogen-bond acceptors (Lipinski definition) is 3. The molecule has 0 saturated carbocycles. The minimum absolute atomic E-state index is 0.118. The standard InChI is InChI=1S/C28H39N3O2/c1-21-15-16-23(20-22(21)2)33-19-11-18-31-25-13-9-8-12-24(25)30-26(31)14-7-6-10-17-29-27(32)28(3,4)5/h8-9,12-13,15-16,20H,6-7,10-11,14,17-19H2,1-5H3,(H,29,32). The summed E-state index contributed by atoms with van der Waals surface area (Å²) in [5.74, 6) is 2.20. The molecule has 1 aromatic heterocycles. The smallest absolute Gasteiger partial charge is 0.225 e. The van der Waals surface area contributed by atoms with Gasteiger partial charge in [0.2, 0.25) is 5.91 Å². The number of imidazole rings is 1. The Kier molecular flexibility index (Phi) is 8.54. The summed E-state index contributed by atoms with van der Waals surface area (Å²) in [7, 11) is 0. The van der Waals surface area contributed by atoms with Crippen molar-refractivity contribution in [2.24, 2.45) is 5.41 Å². The minimum atomic E-state index is -0.327. The molecule has 5 heteroatoms. The fourth-order valence-corrected chi connectivity index (χ4v) is 3.83. The monoisotopic (exact) mass is 449 g/mol. The van der Waals surface area contributed by atoms with E-state index in [0.717, 1.165) is 62.3 Å². The summed E-state index contributed by atoms with van der Waals surface area (Å²) in [5.41, 5.74) is 4.46. The number of fused-ring (bicyclic) bond motifs is 1. The van der Waals surface area contributed by atoms with Crippen LogP contribution in [0.15, 0.2) is 42.5 Å². The predicted molar refractivity (Wildman–Crippen MR) is 136 cm³/mol. The number of carbonyl (C=O) groups excluding carboxylic acids is 1. The van der Waals surface area contributed by atoms with E-state index in [1.165, 1.54) is 16.6 Å². The van der Waals surface area contributed by atoms with Crippen molar-refractivity contribution in [2.75, 3.05) is 13.2 Å². The highest BCUT2D eigenvalue weighted by Gasteiger charge is 2.20. The fraction of sp³-hybridized carbons (Fsp3) is 0.500. The lowest BCUT2D eigenvalue weighted by Crippen LogP contribution is -2.35. The van der Waals surface area contributed by atoms with Gasteiger partial charge in [-0.15, -0.1) is 0 Å². The van der Waals surface area contributed by atoms with Gasteiger partial charge in [0.1, 0.15) is 11.6 Å². The Morgan fingerprint density at radius 1 is 1.00 bits per heavy atom. The maximum Gasteiger partial charge on any atom is 0.225 e. The van der Waals surface area contributed by atoms with E-state index in [-0.39, 0.29) is 11.3 Å². The molecule has 0 aliphatic rings. The van der Waals surface area contributed by atoms with Crippen molar-refractivity contribution in [1.82, 2.24) is 14.9 Å². The number of amides is 1. The van der Waals surface area contributed by atoms with Gasteiger partial charge in [0.05, 0.1) is 17.6 Å². The third-order valence-electron chi connectivity index (χ3n) is 6.05. The molecular formula is C28H39N3O2. The Labute approximate surface area is 198 Å². The third-order valence-corrected chi connectivity index (χ3v) is 6.05. The van der Waals surface area contributed by atoms with Crippen LogP contribution in [0.25, 0.3) is 11.0 Å². The Hall–Kier alpha value is -2.82. The zero-order chi connectivity index (χ0) is 23.8. The maximum absolute atomic E-state index is 12.0. The van der Waals surface area contributed by atoms with E-state index in [1.807, 2.05) is 32.9 Å². The highest BCUT2D eigenvalue weighted by molar-refractivity contribution is 5.81. The van der Waals surface area contributed by atoms with Crippen LogP contribution in [-0.2, 0) is 17.8 Å². The van der Waals surface area contributed by atoms with Gasteiger partial charge in [-0.3, -0.25) is 4.79 Å². The summed E-state index contributed by atoms with van der Waals surface area (Å²) < 4.78 is 8.34. The van der Waals surface area contributed by atoms with Gasteiger partial charge in [-0.05, 0) is 68.5 Å². The number of rotatable bonds is 11. The summed E-state index contributed by atoms with van der Waals surface area (Å²) in [6, 6.07) is 14.6. The van der Waals surface area contributed by atoms with Gasteiger partial charge in [-0.25, -0.2) is 4.98 Å². The number of unbranched alkanes of at least 4 members (excludes halogenated alkanes) is 2. The molecule has 0 bridgehead atoms. The summed E-state index contributed by atoms with van der Waals surface area (Å²) in [6.45, 7) is 12.4. The SMILES string of the molecule is Cc1ccc(OCCCn2c(CCCCCNC(=O)C(C)(C)C)nc3ccccc32)cc1C. The molecule has 3 aromatic rings. The van der Waals surface area contributed by atoms with E-state index in [2.05, 4.69) is 54.1 Å². The average molecular weight is 450 g/mol. The molecule has 2 aromatic carbocycles. The van der Waals surface area contributed by atoms with Gasteiger partial charge < -0.3 is 14.6 Å². The highest BCUT2D eigenvalue weighted by Crippen LogP contribution is 2.20. The number of carbonyl (C=O) groups is 1. The van der Waals surface area contributed by atoms with Crippen LogP contribution in [0.2, 0.25) is 0 Å². The fourth-order valence-electron chi connectivity index (χ4n) is 3.83. The van der Waals surface area contributed by atoms with Crippen molar-refractivity contribution in [2.45, 2.75) is 73.3 Å². The first-order valence-electron chi connectivity index (χ1n) is 12.2. The normalized spacial score (nSPS) is 11.7. The van der Waals surface area contributed by atoms with E-state index >= 15 is 0 Å². The Morgan fingerprint density at radius 3 is 2.55 bits per heavy atom. The Morgan fingerprint density at radius 2 is 1.79 bits per heavy atom.